The van der Waals surface area contributed by atoms with Crippen molar-refractivity contribution in [2.75, 3.05) is 19.8 Å². The average molecular weight is 278 g/mol. The highest BCUT2D eigenvalue weighted by molar-refractivity contribution is 5.28. The molecule has 0 spiro atoms. The second-order valence-electron chi connectivity index (χ2n) is 6.30. The van der Waals surface area contributed by atoms with E-state index < -0.39 is 0 Å². The van der Waals surface area contributed by atoms with Crippen LogP contribution in [0.15, 0.2) is 30.3 Å². The highest BCUT2D eigenvalue weighted by Crippen LogP contribution is 2.44. The zero-order valence-corrected chi connectivity index (χ0v) is 12.7. The summed E-state index contributed by atoms with van der Waals surface area (Å²) in [5, 5.41) is 9.85. The predicted octanol–water partition coefficient (Wildman–Crippen LogP) is 1.61. The molecule has 1 aliphatic heterocycles. The second kappa shape index (κ2) is 6.70. The highest BCUT2D eigenvalue weighted by Gasteiger charge is 2.45. The first-order chi connectivity index (χ1) is 9.64. The second-order valence-corrected chi connectivity index (χ2v) is 6.30. The maximum Gasteiger partial charge on any atom is 0.0799 e. The van der Waals surface area contributed by atoms with E-state index in [0.29, 0.717) is 5.92 Å². The van der Waals surface area contributed by atoms with Gasteiger partial charge in [-0.1, -0.05) is 44.2 Å². The maximum atomic E-state index is 9.85. The molecule has 1 saturated heterocycles. The van der Waals surface area contributed by atoms with E-state index in [1.54, 1.807) is 0 Å². The van der Waals surface area contributed by atoms with Crippen molar-refractivity contribution in [2.45, 2.75) is 38.2 Å². The molecule has 3 heteroatoms. The molecule has 112 valence electrons. The molecule has 1 aromatic carbocycles. The molecule has 2 rings (SSSR count). The summed E-state index contributed by atoms with van der Waals surface area (Å²) < 4.78 is 5.95. The third-order valence-corrected chi connectivity index (χ3v) is 4.89. The summed E-state index contributed by atoms with van der Waals surface area (Å²) in [5.41, 5.74) is 5.41. The van der Waals surface area contributed by atoms with Crippen molar-refractivity contribution < 1.29 is 15.6 Å². The fraction of sp³-hybridized carbons (Fsp3) is 0.647. The van der Waals surface area contributed by atoms with E-state index in [9.17, 15) is 5.11 Å². The van der Waals surface area contributed by atoms with Gasteiger partial charge in [-0.2, -0.15) is 0 Å². The smallest absolute Gasteiger partial charge is 0.0799 e. The Morgan fingerprint density at radius 3 is 2.60 bits per heavy atom. The fourth-order valence-corrected chi connectivity index (χ4v) is 3.52. The molecule has 4 N–H and O–H groups in total. The van der Waals surface area contributed by atoms with Gasteiger partial charge in [0.25, 0.3) is 0 Å². The Morgan fingerprint density at radius 2 is 2.05 bits per heavy atom. The zero-order chi connectivity index (χ0) is 14.6. The minimum Gasteiger partial charge on any atom is -0.396 e. The molecule has 0 aliphatic carbocycles. The van der Waals surface area contributed by atoms with Gasteiger partial charge in [-0.05, 0) is 24.3 Å². The number of ether oxygens (including phenoxy) is 1. The normalized spacial score (nSPS) is 28.6. The van der Waals surface area contributed by atoms with Crippen LogP contribution in [0.3, 0.4) is 0 Å². The Hall–Kier alpha value is -0.900. The van der Waals surface area contributed by atoms with Crippen molar-refractivity contribution >= 4 is 0 Å². The Labute approximate surface area is 122 Å². The lowest BCUT2D eigenvalue weighted by Crippen LogP contribution is -2.60. The van der Waals surface area contributed by atoms with E-state index in [4.69, 9.17) is 4.74 Å². The van der Waals surface area contributed by atoms with Crippen molar-refractivity contribution in [3.8, 4) is 0 Å². The van der Waals surface area contributed by atoms with Crippen LogP contribution in [0.5, 0.6) is 0 Å². The van der Waals surface area contributed by atoms with Gasteiger partial charge in [0.1, 0.15) is 0 Å². The van der Waals surface area contributed by atoms with Gasteiger partial charge in [-0.3, -0.25) is 0 Å². The summed E-state index contributed by atoms with van der Waals surface area (Å²) >= 11 is 0. The molecule has 3 nitrogen and oxygen atoms in total. The van der Waals surface area contributed by atoms with Crippen LogP contribution in [-0.2, 0) is 10.2 Å². The first-order valence-electron chi connectivity index (χ1n) is 7.71. The Morgan fingerprint density at radius 1 is 1.35 bits per heavy atom. The lowest BCUT2D eigenvalue weighted by atomic mass is 9.63. The molecule has 0 saturated carbocycles. The Kier molecular flexibility index (Phi) is 5.19. The summed E-state index contributed by atoms with van der Waals surface area (Å²) in [4.78, 5) is 0. The van der Waals surface area contributed by atoms with Crippen molar-refractivity contribution in [2.24, 2.45) is 11.8 Å². The van der Waals surface area contributed by atoms with Crippen LogP contribution >= 0.6 is 0 Å². The lowest BCUT2D eigenvalue weighted by Gasteiger charge is -2.46. The maximum absolute atomic E-state index is 9.85. The van der Waals surface area contributed by atoms with E-state index in [1.807, 2.05) is 0 Å². The van der Waals surface area contributed by atoms with E-state index in [1.165, 1.54) is 5.56 Å². The number of aliphatic hydroxyl groups excluding tert-OH is 1. The largest absolute Gasteiger partial charge is 0.396 e. The molecule has 0 amide bonds. The number of aliphatic hydroxyl groups is 1. The van der Waals surface area contributed by atoms with Gasteiger partial charge in [-0.15, -0.1) is 0 Å². The Balaban J connectivity index is 2.39. The highest BCUT2D eigenvalue weighted by atomic mass is 16.5. The van der Waals surface area contributed by atoms with Crippen LogP contribution < -0.4 is 5.73 Å². The van der Waals surface area contributed by atoms with Crippen LogP contribution in [0.1, 0.15) is 32.3 Å². The topological polar surface area (TPSA) is 57.1 Å². The molecule has 0 unspecified atom stereocenters. The van der Waals surface area contributed by atoms with Gasteiger partial charge < -0.3 is 15.6 Å². The standard InChI is InChI=1S/C17H27NO2/c1-13(2)16-10-17(8-9-20-16,15(11-18)12-19)14-6-4-3-5-7-14/h3-7,13,15-16,19H,8-12,18H2,1-2H3/p+1/t15-,16+,17+/m1/s1. The average Bonchev–Trinajstić information content (AvgIpc) is 2.49. The third kappa shape index (κ3) is 2.90. The molecular weight excluding hydrogens is 250 g/mol. The summed E-state index contributed by atoms with van der Waals surface area (Å²) in [5.74, 6) is 0.706. The van der Waals surface area contributed by atoms with Gasteiger partial charge in [0.05, 0.1) is 19.3 Å². The number of hydrogen-bond donors (Lipinski definition) is 2. The molecule has 1 aromatic rings. The zero-order valence-electron chi connectivity index (χ0n) is 12.7. The summed E-state index contributed by atoms with van der Waals surface area (Å²) in [7, 11) is 0. The summed E-state index contributed by atoms with van der Waals surface area (Å²) in [6.07, 6.45) is 2.22. The number of hydrogen-bond acceptors (Lipinski definition) is 2. The minimum atomic E-state index is 0.00491. The third-order valence-electron chi connectivity index (χ3n) is 4.89. The van der Waals surface area contributed by atoms with Gasteiger partial charge >= 0.3 is 0 Å². The van der Waals surface area contributed by atoms with E-state index in [-0.39, 0.29) is 24.0 Å². The molecule has 1 heterocycles. The molecule has 0 bridgehead atoms. The molecule has 0 radical (unpaired) electrons. The monoisotopic (exact) mass is 278 g/mol. The van der Waals surface area contributed by atoms with Gasteiger partial charge in [0.15, 0.2) is 0 Å². The predicted molar refractivity (Wildman–Crippen MR) is 80.3 cm³/mol. The summed E-state index contributed by atoms with van der Waals surface area (Å²) in [6, 6.07) is 10.6. The Bertz CT molecular complexity index is 403. The van der Waals surface area contributed by atoms with Crippen molar-refractivity contribution in [1.29, 1.82) is 0 Å². The molecule has 3 atom stereocenters. The molecule has 20 heavy (non-hydrogen) atoms. The van der Waals surface area contributed by atoms with Gasteiger partial charge in [-0.25, -0.2) is 0 Å². The molecule has 1 aliphatic rings. The van der Waals surface area contributed by atoms with Crippen LogP contribution in [0, 0.1) is 11.8 Å². The number of quaternary nitrogens is 1. The minimum absolute atomic E-state index is 0.00491. The van der Waals surface area contributed by atoms with Crippen LogP contribution in [0.2, 0.25) is 0 Å². The lowest BCUT2D eigenvalue weighted by molar-refractivity contribution is -0.386. The van der Waals surface area contributed by atoms with E-state index in [2.05, 4.69) is 49.9 Å². The number of benzene rings is 1. The molecule has 1 fully saturated rings. The SMILES string of the molecule is CC(C)[C@@H]1C[C@@](c2ccccc2)([C@H](C[NH3+])CO)CCO1. The fourth-order valence-electron chi connectivity index (χ4n) is 3.52. The quantitative estimate of drug-likeness (QED) is 0.859. The molecular formula is C17H28NO2+. The summed E-state index contributed by atoms with van der Waals surface area (Å²) in [6.45, 7) is 6.15. The van der Waals surface area contributed by atoms with Crippen LogP contribution in [0.4, 0.5) is 0 Å². The van der Waals surface area contributed by atoms with Gasteiger partial charge in [0.2, 0.25) is 0 Å². The number of rotatable bonds is 5. The van der Waals surface area contributed by atoms with Gasteiger partial charge in [0, 0.05) is 17.9 Å². The van der Waals surface area contributed by atoms with E-state index >= 15 is 0 Å². The first kappa shape index (κ1) is 15.5. The van der Waals surface area contributed by atoms with Crippen molar-refractivity contribution in [1.82, 2.24) is 0 Å². The van der Waals surface area contributed by atoms with Crippen LogP contribution in [-0.4, -0.2) is 31.0 Å². The van der Waals surface area contributed by atoms with Crippen LogP contribution in [0.25, 0.3) is 0 Å². The van der Waals surface area contributed by atoms with Crippen molar-refractivity contribution in [3.05, 3.63) is 35.9 Å². The van der Waals surface area contributed by atoms with Crippen molar-refractivity contribution in [3.63, 3.8) is 0 Å². The van der Waals surface area contributed by atoms with E-state index in [0.717, 1.165) is 26.0 Å². The first-order valence-corrected chi connectivity index (χ1v) is 7.71. The molecule has 0 aromatic heterocycles.